The van der Waals surface area contributed by atoms with E-state index in [2.05, 4.69) is 18.6 Å². The van der Waals surface area contributed by atoms with Gasteiger partial charge in [-0.3, -0.25) is 0 Å². The molecule has 1 aliphatic rings. The quantitative estimate of drug-likeness (QED) is 0.929. The summed E-state index contributed by atoms with van der Waals surface area (Å²) in [5.41, 5.74) is 2.13. The molecule has 1 N–H and O–H groups in total. The van der Waals surface area contributed by atoms with Crippen LogP contribution in [0, 0.1) is 25.7 Å². The summed E-state index contributed by atoms with van der Waals surface area (Å²) in [6.45, 7) is 8.29. The Balaban J connectivity index is 2.20. The van der Waals surface area contributed by atoms with Crippen molar-refractivity contribution >= 4 is 10.0 Å². The van der Waals surface area contributed by atoms with Crippen molar-refractivity contribution in [2.75, 3.05) is 0 Å². The minimum atomic E-state index is -3.41. The van der Waals surface area contributed by atoms with Crippen LogP contribution < -0.4 is 4.72 Å². The molecule has 20 heavy (non-hydrogen) atoms. The zero-order valence-electron chi connectivity index (χ0n) is 12.8. The second kappa shape index (κ2) is 5.86. The van der Waals surface area contributed by atoms with Crippen LogP contribution in [0.3, 0.4) is 0 Å². The Kier molecular flexibility index (Phi) is 4.55. The summed E-state index contributed by atoms with van der Waals surface area (Å²) in [5.74, 6) is 0.973. The summed E-state index contributed by atoms with van der Waals surface area (Å²) < 4.78 is 27.9. The molecule has 1 aromatic rings. The fourth-order valence-corrected chi connectivity index (χ4v) is 4.34. The zero-order chi connectivity index (χ0) is 14.9. The van der Waals surface area contributed by atoms with Gasteiger partial charge in [-0.25, -0.2) is 13.1 Å². The monoisotopic (exact) mass is 295 g/mol. The summed E-state index contributed by atoms with van der Waals surface area (Å²) in [7, 11) is -3.41. The standard InChI is InChI=1S/C16H25NO2S/c1-11-8-9-15(10-13(11)3)20(18,19)17-16-7-5-6-12(2)14(16)4/h8-10,12,14,16-17H,5-7H2,1-4H3/t12-,14+,16-/m1/s1. The number of aryl methyl sites for hydroxylation is 2. The van der Waals surface area contributed by atoms with E-state index in [1.165, 1.54) is 6.42 Å². The Morgan fingerprint density at radius 1 is 1.10 bits per heavy atom. The number of hydrogen-bond donors (Lipinski definition) is 1. The summed E-state index contributed by atoms with van der Waals surface area (Å²) in [5, 5.41) is 0. The van der Waals surface area contributed by atoms with Crippen molar-refractivity contribution in [3.05, 3.63) is 29.3 Å². The van der Waals surface area contributed by atoms with Gasteiger partial charge in [0, 0.05) is 6.04 Å². The van der Waals surface area contributed by atoms with E-state index in [0.717, 1.165) is 24.0 Å². The lowest BCUT2D eigenvalue weighted by Gasteiger charge is -2.34. The van der Waals surface area contributed by atoms with Crippen LogP contribution in [0.5, 0.6) is 0 Å². The molecule has 4 heteroatoms. The first-order valence-corrected chi connectivity index (χ1v) is 8.89. The molecule has 1 saturated carbocycles. The minimum Gasteiger partial charge on any atom is -0.208 e. The molecule has 0 heterocycles. The van der Waals surface area contributed by atoms with Gasteiger partial charge in [-0.15, -0.1) is 0 Å². The molecule has 0 radical (unpaired) electrons. The SMILES string of the molecule is Cc1ccc(S(=O)(=O)N[C@@H]2CCC[C@@H](C)[C@@H]2C)cc1C. The van der Waals surface area contributed by atoms with Gasteiger partial charge in [-0.05, 0) is 55.4 Å². The van der Waals surface area contributed by atoms with Crippen molar-refractivity contribution in [1.29, 1.82) is 0 Å². The molecular weight excluding hydrogens is 270 g/mol. The van der Waals surface area contributed by atoms with Gasteiger partial charge in [0.05, 0.1) is 4.90 Å². The summed E-state index contributed by atoms with van der Waals surface area (Å²) in [6, 6.07) is 5.39. The molecule has 0 spiro atoms. The van der Waals surface area contributed by atoms with E-state index in [0.29, 0.717) is 16.7 Å². The number of hydrogen-bond acceptors (Lipinski definition) is 2. The molecule has 3 atom stereocenters. The molecule has 3 nitrogen and oxygen atoms in total. The van der Waals surface area contributed by atoms with E-state index in [4.69, 9.17) is 0 Å². The summed E-state index contributed by atoms with van der Waals surface area (Å²) in [6.07, 6.45) is 3.24. The van der Waals surface area contributed by atoms with Crippen LogP contribution in [0.1, 0.15) is 44.2 Å². The third kappa shape index (κ3) is 3.23. The van der Waals surface area contributed by atoms with Gasteiger partial charge >= 0.3 is 0 Å². The third-order valence-corrected chi connectivity index (χ3v) is 6.29. The van der Waals surface area contributed by atoms with E-state index in [1.807, 2.05) is 19.9 Å². The van der Waals surface area contributed by atoms with Crippen LogP contribution in [-0.4, -0.2) is 14.5 Å². The van der Waals surface area contributed by atoms with Crippen LogP contribution in [-0.2, 0) is 10.0 Å². The average molecular weight is 295 g/mol. The van der Waals surface area contributed by atoms with Crippen molar-refractivity contribution in [1.82, 2.24) is 4.72 Å². The van der Waals surface area contributed by atoms with E-state index in [-0.39, 0.29) is 6.04 Å². The molecule has 112 valence electrons. The van der Waals surface area contributed by atoms with Gasteiger partial charge in [0.2, 0.25) is 10.0 Å². The molecular formula is C16H25NO2S. The predicted octanol–water partition coefficient (Wildman–Crippen LogP) is 3.41. The maximum Gasteiger partial charge on any atom is 0.240 e. The van der Waals surface area contributed by atoms with Gasteiger partial charge in [0.25, 0.3) is 0 Å². The van der Waals surface area contributed by atoms with Crippen LogP contribution in [0.4, 0.5) is 0 Å². The Bertz CT molecular complexity index is 580. The van der Waals surface area contributed by atoms with Crippen molar-refractivity contribution in [3.8, 4) is 0 Å². The lowest BCUT2D eigenvalue weighted by atomic mass is 9.78. The van der Waals surface area contributed by atoms with Crippen molar-refractivity contribution in [3.63, 3.8) is 0 Å². The fraction of sp³-hybridized carbons (Fsp3) is 0.625. The molecule has 0 bridgehead atoms. The number of rotatable bonds is 3. The van der Waals surface area contributed by atoms with E-state index >= 15 is 0 Å². The lowest BCUT2D eigenvalue weighted by Crippen LogP contribution is -2.43. The molecule has 0 unspecified atom stereocenters. The Morgan fingerprint density at radius 2 is 1.80 bits per heavy atom. The zero-order valence-corrected chi connectivity index (χ0v) is 13.6. The Labute approximate surface area is 122 Å². The normalized spacial score (nSPS) is 27.5. The average Bonchev–Trinajstić information content (AvgIpc) is 2.38. The van der Waals surface area contributed by atoms with Gasteiger partial charge in [0.15, 0.2) is 0 Å². The van der Waals surface area contributed by atoms with Gasteiger partial charge in [-0.1, -0.05) is 32.8 Å². The minimum absolute atomic E-state index is 0.0605. The maximum absolute atomic E-state index is 12.5. The topological polar surface area (TPSA) is 46.2 Å². The van der Waals surface area contributed by atoms with Gasteiger partial charge in [0.1, 0.15) is 0 Å². The van der Waals surface area contributed by atoms with E-state index in [1.54, 1.807) is 12.1 Å². The van der Waals surface area contributed by atoms with Crippen molar-refractivity contribution < 1.29 is 8.42 Å². The third-order valence-electron chi connectivity index (χ3n) is 4.80. The molecule has 2 rings (SSSR count). The highest BCUT2D eigenvalue weighted by Crippen LogP contribution is 2.30. The molecule has 0 saturated heterocycles. The van der Waals surface area contributed by atoms with Gasteiger partial charge in [-0.2, -0.15) is 0 Å². The molecule has 1 aliphatic carbocycles. The summed E-state index contributed by atoms with van der Waals surface area (Å²) in [4.78, 5) is 0.381. The van der Waals surface area contributed by atoms with Crippen molar-refractivity contribution in [2.45, 2.75) is 57.9 Å². The predicted molar refractivity (Wildman–Crippen MR) is 82.2 cm³/mol. The van der Waals surface area contributed by atoms with E-state index in [9.17, 15) is 8.42 Å². The van der Waals surface area contributed by atoms with Crippen LogP contribution >= 0.6 is 0 Å². The molecule has 1 fully saturated rings. The number of nitrogens with one attached hydrogen (secondary N) is 1. The van der Waals surface area contributed by atoms with Crippen LogP contribution in [0.2, 0.25) is 0 Å². The van der Waals surface area contributed by atoms with Crippen molar-refractivity contribution in [2.24, 2.45) is 11.8 Å². The second-order valence-corrected chi connectivity index (χ2v) is 7.96. The highest BCUT2D eigenvalue weighted by atomic mass is 32.2. The highest BCUT2D eigenvalue weighted by molar-refractivity contribution is 7.89. The highest BCUT2D eigenvalue weighted by Gasteiger charge is 2.30. The lowest BCUT2D eigenvalue weighted by molar-refractivity contribution is 0.227. The van der Waals surface area contributed by atoms with E-state index < -0.39 is 10.0 Å². The number of sulfonamides is 1. The van der Waals surface area contributed by atoms with Crippen LogP contribution in [0.25, 0.3) is 0 Å². The van der Waals surface area contributed by atoms with Gasteiger partial charge < -0.3 is 0 Å². The first kappa shape index (κ1) is 15.5. The first-order valence-electron chi connectivity index (χ1n) is 7.41. The molecule has 0 amide bonds. The molecule has 1 aromatic carbocycles. The fourth-order valence-electron chi connectivity index (χ4n) is 2.90. The first-order chi connectivity index (χ1) is 9.31. The smallest absolute Gasteiger partial charge is 0.208 e. The Morgan fingerprint density at radius 3 is 2.45 bits per heavy atom. The Hall–Kier alpha value is -0.870. The second-order valence-electron chi connectivity index (χ2n) is 6.24. The molecule has 0 aromatic heterocycles. The molecule has 0 aliphatic heterocycles. The number of benzene rings is 1. The summed E-state index contributed by atoms with van der Waals surface area (Å²) >= 11 is 0. The van der Waals surface area contributed by atoms with Crippen LogP contribution in [0.15, 0.2) is 23.1 Å². The largest absolute Gasteiger partial charge is 0.240 e. The maximum atomic E-state index is 12.5.